The summed E-state index contributed by atoms with van der Waals surface area (Å²) in [6.07, 6.45) is 3.11. The van der Waals surface area contributed by atoms with Gasteiger partial charge in [-0.05, 0) is 49.7 Å². The summed E-state index contributed by atoms with van der Waals surface area (Å²) in [5.41, 5.74) is 2.34. The van der Waals surface area contributed by atoms with Crippen LogP contribution in [0.4, 0.5) is 5.69 Å². The van der Waals surface area contributed by atoms with E-state index in [1.165, 1.54) is 12.3 Å². The highest BCUT2D eigenvalue weighted by Crippen LogP contribution is 2.26. The van der Waals surface area contributed by atoms with Gasteiger partial charge in [-0.3, -0.25) is 9.59 Å². The zero-order chi connectivity index (χ0) is 20.4. The minimum absolute atomic E-state index is 0.0281. The zero-order valence-corrected chi connectivity index (χ0v) is 16.1. The van der Waals surface area contributed by atoms with E-state index in [2.05, 4.69) is 5.32 Å². The van der Waals surface area contributed by atoms with Crippen LogP contribution in [-0.4, -0.2) is 10.5 Å². The number of pyridine rings is 1. The Kier molecular flexibility index (Phi) is 4.91. The Morgan fingerprint density at radius 1 is 1.00 bits per heavy atom. The first-order valence-electron chi connectivity index (χ1n) is 9.22. The third-order valence-electron chi connectivity index (χ3n) is 4.79. The molecular weight excluding hydrogens is 368 g/mol. The van der Waals surface area contributed by atoms with Gasteiger partial charge in [0.1, 0.15) is 17.0 Å². The number of anilines is 1. The largest absolute Gasteiger partial charge is 0.467 e. The number of aromatic nitrogens is 1. The van der Waals surface area contributed by atoms with Crippen LogP contribution in [0.2, 0.25) is 0 Å². The summed E-state index contributed by atoms with van der Waals surface area (Å²) in [4.78, 5) is 26.1. The van der Waals surface area contributed by atoms with Crippen LogP contribution in [0.3, 0.4) is 0 Å². The molecule has 1 amide bonds. The molecule has 1 N–H and O–H groups in total. The lowest BCUT2D eigenvalue weighted by Crippen LogP contribution is -2.27. The molecule has 0 saturated heterocycles. The average Bonchev–Trinajstić information content (AvgIpc) is 3.39. The fourth-order valence-corrected chi connectivity index (χ4v) is 3.32. The number of para-hydroxylation sites is 1. The van der Waals surface area contributed by atoms with Crippen molar-refractivity contribution in [3.63, 3.8) is 0 Å². The van der Waals surface area contributed by atoms with E-state index in [4.69, 9.17) is 8.83 Å². The lowest BCUT2D eigenvalue weighted by Gasteiger charge is -2.18. The average molecular weight is 388 g/mol. The molecular formula is C23H20N2O4. The zero-order valence-electron chi connectivity index (χ0n) is 16.1. The van der Waals surface area contributed by atoms with Gasteiger partial charge in [0, 0.05) is 17.4 Å². The molecule has 0 saturated carbocycles. The van der Waals surface area contributed by atoms with Gasteiger partial charge in [-0.15, -0.1) is 0 Å². The molecule has 0 unspecified atom stereocenters. The molecule has 4 rings (SSSR count). The van der Waals surface area contributed by atoms with Crippen molar-refractivity contribution in [2.24, 2.45) is 0 Å². The maximum Gasteiger partial charge on any atom is 0.261 e. The standard InChI is InChI=1S/C23H20N2O4/c1-15-7-3-4-9-18(15)24-23(27)21-19(26)13-16(2)25(14-17-8-5-11-28-17)22(21)20-10-6-12-29-20/h3-13H,14H2,1-2H3,(H,24,27). The number of hydrogen-bond acceptors (Lipinski definition) is 4. The molecule has 4 aromatic rings. The summed E-state index contributed by atoms with van der Waals surface area (Å²) in [7, 11) is 0. The Morgan fingerprint density at radius 2 is 1.76 bits per heavy atom. The van der Waals surface area contributed by atoms with Crippen molar-refractivity contribution in [2.75, 3.05) is 5.32 Å². The number of carbonyl (C=O) groups excluding carboxylic acids is 1. The number of aryl methyl sites for hydroxylation is 2. The maximum absolute atomic E-state index is 13.2. The second-order valence-electron chi connectivity index (χ2n) is 6.79. The van der Waals surface area contributed by atoms with Crippen molar-refractivity contribution in [1.82, 2.24) is 4.57 Å². The first-order valence-corrected chi connectivity index (χ1v) is 9.22. The summed E-state index contributed by atoms with van der Waals surface area (Å²) < 4.78 is 12.9. The lowest BCUT2D eigenvalue weighted by molar-refractivity contribution is 0.102. The van der Waals surface area contributed by atoms with E-state index in [1.54, 1.807) is 30.5 Å². The summed E-state index contributed by atoms with van der Waals surface area (Å²) in [5, 5.41) is 2.86. The molecule has 146 valence electrons. The fraction of sp³-hybridized carbons (Fsp3) is 0.130. The van der Waals surface area contributed by atoms with Gasteiger partial charge in [-0.25, -0.2) is 0 Å². The lowest BCUT2D eigenvalue weighted by atomic mass is 10.1. The smallest absolute Gasteiger partial charge is 0.261 e. The number of hydrogen-bond donors (Lipinski definition) is 1. The van der Waals surface area contributed by atoms with Crippen LogP contribution in [0.15, 0.2) is 80.8 Å². The minimum atomic E-state index is -0.483. The van der Waals surface area contributed by atoms with Crippen molar-refractivity contribution in [1.29, 1.82) is 0 Å². The van der Waals surface area contributed by atoms with Crippen molar-refractivity contribution in [3.05, 3.63) is 99.9 Å². The van der Waals surface area contributed by atoms with Crippen LogP contribution in [-0.2, 0) is 6.54 Å². The number of carbonyl (C=O) groups is 1. The van der Waals surface area contributed by atoms with Crippen LogP contribution in [0.25, 0.3) is 11.5 Å². The van der Waals surface area contributed by atoms with E-state index < -0.39 is 5.91 Å². The van der Waals surface area contributed by atoms with Gasteiger partial charge in [0.15, 0.2) is 11.2 Å². The van der Waals surface area contributed by atoms with Gasteiger partial charge in [-0.2, -0.15) is 0 Å². The third kappa shape index (κ3) is 3.65. The molecule has 0 spiro atoms. The van der Waals surface area contributed by atoms with Gasteiger partial charge < -0.3 is 18.7 Å². The molecule has 3 aromatic heterocycles. The normalized spacial score (nSPS) is 10.8. The minimum Gasteiger partial charge on any atom is -0.467 e. The highest BCUT2D eigenvalue weighted by atomic mass is 16.3. The predicted molar refractivity (Wildman–Crippen MR) is 110 cm³/mol. The molecule has 0 atom stereocenters. The van der Waals surface area contributed by atoms with Gasteiger partial charge >= 0.3 is 0 Å². The number of furan rings is 2. The number of rotatable bonds is 5. The Balaban J connectivity index is 1.87. The quantitative estimate of drug-likeness (QED) is 0.541. The molecule has 0 bridgehead atoms. The Hall–Kier alpha value is -3.80. The van der Waals surface area contributed by atoms with Crippen LogP contribution in [0.5, 0.6) is 0 Å². The van der Waals surface area contributed by atoms with Crippen LogP contribution >= 0.6 is 0 Å². The van der Waals surface area contributed by atoms with E-state index in [0.29, 0.717) is 35.1 Å². The molecule has 0 aliphatic heterocycles. The molecule has 0 aliphatic carbocycles. The van der Waals surface area contributed by atoms with Crippen molar-refractivity contribution in [3.8, 4) is 11.5 Å². The third-order valence-corrected chi connectivity index (χ3v) is 4.79. The Morgan fingerprint density at radius 3 is 2.45 bits per heavy atom. The van der Waals surface area contributed by atoms with E-state index in [1.807, 2.05) is 42.7 Å². The second kappa shape index (κ2) is 7.67. The Labute approximate surface area is 167 Å². The van der Waals surface area contributed by atoms with Crippen LogP contribution in [0, 0.1) is 13.8 Å². The SMILES string of the molecule is Cc1ccccc1NC(=O)c1c(-c2ccco2)n(Cc2ccco2)c(C)cc1=O. The van der Waals surface area contributed by atoms with E-state index in [0.717, 1.165) is 5.56 Å². The predicted octanol–water partition coefficient (Wildman–Crippen LogP) is 4.62. The first kappa shape index (κ1) is 18.6. The monoisotopic (exact) mass is 388 g/mol. The topological polar surface area (TPSA) is 77.4 Å². The van der Waals surface area contributed by atoms with Crippen molar-refractivity contribution < 1.29 is 13.6 Å². The molecule has 0 radical (unpaired) electrons. The van der Waals surface area contributed by atoms with Crippen LogP contribution in [0.1, 0.15) is 27.4 Å². The summed E-state index contributed by atoms with van der Waals surface area (Å²) >= 11 is 0. The number of benzene rings is 1. The van der Waals surface area contributed by atoms with Crippen molar-refractivity contribution >= 4 is 11.6 Å². The second-order valence-corrected chi connectivity index (χ2v) is 6.79. The van der Waals surface area contributed by atoms with Gasteiger partial charge in [-0.1, -0.05) is 18.2 Å². The van der Waals surface area contributed by atoms with Crippen LogP contribution < -0.4 is 10.7 Å². The number of nitrogens with zero attached hydrogens (tertiary/aromatic N) is 1. The molecule has 29 heavy (non-hydrogen) atoms. The van der Waals surface area contributed by atoms with Gasteiger partial charge in [0.25, 0.3) is 5.91 Å². The molecule has 6 nitrogen and oxygen atoms in total. The number of nitrogens with one attached hydrogen (secondary N) is 1. The summed E-state index contributed by atoms with van der Waals surface area (Å²) in [5.74, 6) is 0.658. The van der Waals surface area contributed by atoms with Gasteiger partial charge in [0.05, 0.1) is 19.1 Å². The molecule has 0 fully saturated rings. The number of amides is 1. The summed E-state index contributed by atoms with van der Waals surface area (Å²) in [6.45, 7) is 4.08. The first-order chi connectivity index (χ1) is 14.0. The molecule has 3 heterocycles. The highest BCUT2D eigenvalue weighted by Gasteiger charge is 2.24. The van der Waals surface area contributed by atoms with E-state index in [-0.39, 0.29) is 11.0 Å². The van der Waals surface area contributed by atoms with Crippen molar-refractivity contribution in [2.45, 2.75) is 20.4 Å². The molecule has 6 heteroatoms. The van der Waals surface area contributed by atoms with Gasteiger partial charge in [0.2, 0.25) is 0 Å². The maximum atomic E-state index is 13.2. The van der Waals surface area contributed by atoms with E-state index in [9.17, 15) is 9.59 Å². The molecule has 0 aliphatic rings. The molecule has 1 aromatic carbocycles. The summed E-state index contributed by atoms with van der Waals surface area (Å²) in [6, 6.07) is 16.0. The highest BCUT2D eigenvalue weighted by molar-refractivity contribution is 6.08. The Bertz CT molecular complexity index is 1200. The fourth-order valence-electron chi connectivity index (χ4n) is 3.32. The van der Waals surface area contributed by atoms with E-state index >= 15 is 0 Å².